The van der Waals surface area contributed by atoms with Gasteiger partial charge in [-0.15, -0.1) is 0 Å². The molecule has 4 rings (SSSR count). The minimum Gasteiger partial charge on any atom is -0.469 e. The third-order valence-corrected chi connectivity index (χ3v) is 4.81. The first-order valence-electron chi connectivity index (χ1n) is 8.72. The summed E-state index contributed by atoms with van der Waals surface area (Å²) in [6.45, 7) is 1.95. The molecular weight excluding hydrogens is 344 g/mol. The van der Waals surface area contributed by atoms with Crippen molar-refractivity contribution in [3.63, 3.8) is 0 Å². The Kier molecular flexibility index (Phi) is 4.24. The summed E-state index contributed by atoms with van der Waals surface area (Å²) >= 11 is 0. The van der Waals surface area contributed by atoms with E-state index in [9.17, 15) is 14.4 Å². The number of aromatic nitrogens is 1. The van der Waals surface area contributed by atoms with E-state index in [-0.39, 0.29) is 23.7 Å². The highest BCUT2D eigenvalue weighted by molar-refractivity contribution is 6.06. The lowest BCUT2D eigenvalue weighted by molar-refractivity contribution is 0.0959. The fourth-order valence-corrected chi connectivity index (χ4v) is 3.36. The van der Waals surface area contributed by atoms with Crippen molar-refractivity contribution in [2.24, 2.45) is 0 Å². The molecule has 0 fully saturated rings. The molecule has 0 aliphatic heterocycles. The number of aryl methyl sites for hydroxylation is 1. The second-order valence-electron chi connectivity index (χ2n) is 6.77. The number of furan rings is 1. The summed E-state index contributed by atoms with van der Waals surface area (Å²) in [5, 5.41) is 2.69. The molecule has 1 aliphatic rings. The van der Waals surface area contributed by atoms with Crippen LogP contribution < -0.4 is 10.9 Å². The van der Waals surface area contributed by atoms with Crippen molar-refractivity contribution in [3.8, 4) is 0 Å². The molecule has 0 saturated heterocycles. The van der Waals surface area contributed by atoms with E-state index in [1.165, 1.54) is 6.07 Å². The van der Waals surface area contributed by atoms with E-state index in [0.29, 0.717) is 23.4 Å². The molecule has 1 atom stereocenters. The molecule has 0 radical (unpaired) electrons. The number of Topliss-reactive ketones (excluding diaryl/α,β-unsaturated/α-hetero) is 1. The predicted molar refractivity (Wildman–Crippen MR) is 100 cm³/mol. The van der Waals surface area contributed by atoms with E-state index in [0.717, 1.165) is 11.3 Å². The lowest BCUT2D eigenvalue weighted by atomic mass is 9.84. The number of ketones is 1. The minimum atomic E-state index is -0.538. The van der Waals surface area contributed by atoms with Gasteiger partial charge in [0.15, 0.2) is 5.78 Å². The van der Waals surface area contributed by atoms with Crippen LogP contribution in [0, 0.1) is 6.92 Å². The largest absolute Gasteiger partial charge is 0.469 e. The van der Waals surface area contributed by atoms with Crippen LogP contribution in [0.4, 0.5) is 5.69 Å². The van der Waals surface area contributed by atoms with E-state index in [2.05, 4.69) is 10.3 Å². The molecule has 0 bridgehead atoms. The zero-order valence-electron chi connectivity index (χ0n) is 14.7. The van der Waals surface area contributed by atoms with Gasteiger partial charge in [-0.2, -0.15) is 0 Å². The van der Waals surface area contributed by atoms with E-state index in [1.54, 1.807) is 24.5 Å². The average Bonchev–Trinajstić information content (AvgIpc) is 3.17. The molecule has 0 spiro atoms. The summed E-state index contributed by atoms with van der Waals surface area (Å²) in [6, 6.07) is 12.3. The second-order valence-corrected chi connectivity index (χ2v) is 6.77. The van der Waals surface area contributed by atoms with E-state index in [4.69, 9.17) is 4.42 Å². The number of carbonyl (C=O) groups is 2. The van der Waals surface area contributed by atoms with Crippen molar-refractivity contribution in [3.05, 3.63) is 87.2 Å². The Morgan fingerprint density at radius 1 is 1.15 bits per heavy atom. The lowest BCUT2D eigenvalue weighted by Gasteiger charge is -2.22. The Hall–Kier alpha value is -3.41. The van der Waals surface area contributed by atoms with Gasteiger partial charge in [-0.1, -0.05) is 17.7 Å². The van der Waals surface area contributed by atoms with Crippen LogP contribution in [-0.4, -0.2) is 16.7 Å². The van der Waals surface area contributed by atoms with Gasteiger partial charge in [0, 0.05) is 29.3 Å². The van der Waals surface area contributed by atoms with E-state index >= 15 is 0 Å². The summed E-state index contributed by atoms with van der Waals surface area (Å²) in [6.07, 6.45) is 2.34. The second kappa shape index (κ2) is 6.72. The first kappa shape index (κ1) is 17.0. The third kappa shape index (κ3) is 3.33. The Balaban J connectivity index is 1.62. The fraction of sp³-hybridized carbons (Fsp3) is 0.190. The van der Waals surface area contributed by atoms with E-state index in [1.807, 2.05) is 25.1 Å². The molecule has 1 aliphatic carbocycles. The maximum Gasteiger partial charge on any atom is 0.261 e. The van der Waals surface area contributed by atoms with Gasteiger partial charge >= 0.3 is 0 Å². The molecular formula is C21H18N2O4. The Morgan fingerprint density at radius 3 is 2.63 bits per heavy atom. The van der Waals surface area contributed by atoms with Gasteiger partial charge < -0.3 is 14.7 Å². The first-order valence-corrected chi connectivity index (χ1v) is 8.72. The number of rotatable bonds is 3. The van der Waals surface area contributed by atoms with Crippen molar-refractivity contribution in [2.75, 3.05) is 5.32 Å². The van der Waals surface area contributed by atoms with Gasteiger partial charge in [-0.3, -0.25) is 14.4 Å². The van der Waals surface area contributed by atoms with Crippen LogP contribution in [-0.2, 0) is 6.42 Å². The molecule has 3 aromatic rings. The molecule has 0 saturated carbocycles. The standard InChI is InChI=1S/C21H18N2O4/c1-12-4-6-14(7-5-12)22-20(25)16-11-15-17(23-21(16)26)9-13(10-18(15)24)19-3-2-8-27-19/h2-8,11,13H,9-10H2,1H3,(H,22,25)(H,23,26)/t13-/m1/s1. The van der Waals surface area contributed by atoms with E-state index < -0.39 is 11.5 Å². The third-order valence-electron chi connectivity index (χ3n) is 4.81. The normalized spacial score (nSPS) is 16.0. The number of carbonyl (C=O) groups excluding carboxylic acids is 2. The number of anilines is 1. The Labute approximate surface area is 155 Å². The van der Waals surface area contributed by atoms with Crippen LogP contribution in [0.2, 0.25) is 0 Å². The molecule has 1 aromatic carbocycles. The molecule has 6 nitrogen and oxygen atoms in total. The van der Waals surface area contributed by atoms with Crippen LogP contribution in [0.1, 0.15) is 50.1 Å². The predicted octanol–water partition coefficient (Wildman–Crippen LogP) is 3.44. The summed E-state index contributed by atoms with van der Waals surface area (Å²) in [5.74, 6) is -0.0407. The minimum absolute atomic E-state index is 0.0703. The number of hydrogen-bond acceptors (Lipinski definition) is 4. The average molecular weight is 362 g/mol. The maximum atomic E-state index is 12.6. The van der Waals surface area contributed by atoms with Gasteiger partial charge in [-0.25, -0.2) is 0 Å². The number of amides is 1. The van der Waals surface area contributed by atoms with Crippen molar-refractivity contribution in [2.45, 2.75) is 25.7 Å². The molecule has 2 N–H and O–H groups in total. The first-order chi connectivity index (χ1) is 13.0. The number of nitrogens with one attached hydrogen (secondary N) is 2. The topological polar surface area (TPSA) is 92.2 Å². The number of aromatic amines is 1. The summed E-state index contributed by atoms with van der Waals surface area (Å²) < 4.78 is 5.39. The van der Waals surface area contributed by atoms with Crippen LogP contribution in [0.5, 0.6) is 0 Å². The molecule has 2 heterocycles. The zero-order valence-corrected chi connectivity index (χ0v) is 14.7. The van der Waals surface area contributed by atoms with Crippen LogP contribution in [0.3, 0.4) is 0 Å². The number of pyridine rings is 1. The van der Waals surface area contributed by atoms with Gasteiger partial charge in [-0.05, 0) is 43.7 Å². The fourth-order valence-electron chi connectivity index (χ4n) is 3.36. The molecule has 27 heavy (non-hydrogen) atoms. The number of benzene rings is 1. The Bertz CT molecular complexity index is 1060. The zero-order chi connectivity index (χ0) is 19.0. The van der Waals surface area contributed by atoms with Crippen molar-refractivity contribution < 1.29 is 14.0 Å². The molecule has 136 valence electrons. The quantitative estimate of drug-likeness (QED) is 0.746. The summed E-state index contributed by atoms with van der Waals surface area (Å²) in [5.41, 5.74) is 2.02. The number of H-pyrrole nitrogens is 1. The van der Waals surface area contributed by atoms with Crippen molar-refractivity contribution >= 4 is 17.4 Å². The Morgan fingerprint density at radius 2 is 1.93 bits per heavy atom. The lowest BCUT2D eigenvalue weighted by Crippen LogP contribution is -2.29. The van der Waals surface area contributed by atoms with Crippen LogP contribution in [0.15, 0.2) is 57.9 Å². The van der Waals surface area contributed by atoms with Crippen molar-refractivity contribution in [1.29, 1.82) is 0 Å². The number of fused-ring (bicyclic) bond motifs is 1. The van der Waals surface area contributed by atoms with Gasteiger partial charge in [0.1, 0.15) is 11.3 Å². The van der Waals surface area contributed by atoms with Gasteiger partial charge in [0.25, 0.3) is 11.5 Å². The monoisotopic (exact) mass is 362 g/mol. The van der Waals surface area contributed by atoms with Crippen LogP contribution >= 0.6 is 0 Å². The SMILES string of the molecule is Cc1ccc(NC(=O)c2cc3c([nH]c2=O)C[C@@H](c2ccco2)CC3=O)cc1. The highest BCUT2D eigenvalue weighted by Crippen LogP contribution is 2.31. The number of hydrogen-bond donors (Lipinski definition) is 2. The highest BCUT2D eigenvalue weighted by Gasteiger charge is 2.30. The van der Waals surface area contributed by atoms with Crippen molar-refractivity contribution in [1.82, 2.24) is 4.98 Å². The highest BCUT2D eigenvalue weighted by atomic mass is 16.3. The molecule has 0 unspecified atom stereocenters. The molecule has 1 amide bonds. The molecule has 6 heteroatoms. The van der Waals surface area contributed by atoms with Crippen LogP contribution in [0.25, 0.3) is 0 Å². The smallest absolute Gasteiger partial charge is 0.261 e. The summed E-state index contributed by atoms with van der Waals surface area (Å²) in [4.78, 5) is 40.2. The van der Waals surface area contributed by atoms with Gasteiger partial charge in [0.05, 0.1) is 6.26 Å². The van der Waals surface area contributed by atoms with Gasteiger partial charge in [0.2, 0.25) is 0 Å². The summed E-state index contributed by atoms with van der Waals surface area (Å²) in [7, 11) is 0. The molecule has 2 aromatic heterocycles. The maximum absolute atomic E-state index is 12.6.